The summed E-state index contributed by atoms with van der Waals surface area (Å²) < 4.78 is 1.92. The van der Waals surface area contributed by atoms with E-state index in [0.717, 1.165) is 4.90 Å². The van der Waals surface area contributed by atoms with Gasteiger partial charge in [0.25, 0.3) is 11.8 Å². The van der Waals surface area contributed by atoms with Crippen LogP contribution in [0.4, 0.5) is 5.69 Å². The Balaban J connectivity index is 2.29. The molecule has 5 nitrogen and oxygen atoms in total. The molecule has 0 spiro atoms. The summed E-state index contributed by atoms with van der Waals surface area (Å²) in [7, 11) is 0. The number of hydrogen-bond acceptors (Lipinski definition) is 4. The van der Waals surface area contributed by atoms with Gasteiger partial charge in [0.05, 0.1) is 22.8 Å². The molecule has 9 heteroatoms. The van der Waals surface area contributed by atoms with Gasteiger partial charge < -0.3 is 9.90 Å². The van der Waals surface area contributed by atoms with Crippen molar-refractivity contribution in [3.8, 4) is 0 Å². The van der Waals surface area contributed by atoms with Crippen LogP contribution >= 0.6 is 63.7 Å². The lowest BCUT2D eigenvalue weighted by Gasteiger charge is -2.18. The number of fused-ring (bicyclic) bond motifs is 1. The van der Waals surface area contributed by atoms with Gasteiger partial charge in [-0.2, -0.15) is 0 Å². The van der Waals surface area contributed by atoms with Crippen LogP contribution in [0.1, 0.15) is 31.1 Å². The van der Waals surface area contributed by atoms with Crippen molar-refractivity contribution < 1.29 is 19.5 Å². The van der Waals surface area contributed by atoms with E-state index in [1.54, 1.807) is 6.07 Å². The molecule has 2 amide bonds. The van der Waals surface area contributed by atoms with Gasteiger partial charge >= 0.3 is 0 Å². The van der Waals surface area contributed by atoms with Gasteiger partial charge in [-0.25, -0.2) is 4.90 Å². The third kappa shape index (κ3) is 2.49. The van der Waals surface area contributed by atoms with Crippen LogP contribution in [-0.4, -0.2) is 17.8 Å². The van der Waals surface area contributed by atoms with Crippen LogP contribution in [0.15, 0.2) is 42.2 Å². The molecular weight excluding hydrogens is 578 g/mol. The number of nitrogens with zero attached hydrogens (tertiary/aromatic N) is 1. The zero-order valence-electron chi connectivity index (χ0n) is 11.4. The van der Waals surface area contributed by atoms with E-state index in [0.29, 0.717) is 17.9 Å². The van der Waals surface area contributed by atoms with Gasteiger partial charge in [0, 0.05) is 23.5 Å². The van der Waals surface area contributed by atoms with Gasteiger partial charge in [0.15, 0.2) is 0 Å². The maximum Gasteiger partial charge on any atom is 0.267 e. The largest absolute Gasteiger partial charge is 0.545 e. The van der Waals surface area contributed by atoms with Gasteiger partial charge in [-0.05, 0) is 69.8 Å². The molecule has 0 aliphatic carbocycles. The topological polar surface area (TPSA) is 77.5 Å². The molecule has 0 unspecified atom stereocenters. The molecule has 0 saturated heterocycles. The van der Waals surface area contributed by atoms with Crippen LogP contribution in [0.3, 0.4) is 0 Å². The first-order valence-electron chi connectivity index (χ1n) is 6.32. The average molecular weight is 582 g/mol. The van der Waals surface area contributed by atoms with E-state index in [9.17, 15) is 19.5 Å². The third-order valence-corrected chi connectivity index (χ3v) is 8.23. The van der Waals surface area contributed by atoms with Crippen LogP contribution in [0, 0.1) is 0 Å². The summed E-state index contributed by atoms with van der Waals surface area (Å²) in [6, 6.07) is 5.70. The first-order chi connectivity index (χ1) is 11.3. The Bertz CT molecular complexity index is 895. The second-order valence-corrected chi connectivity index (χ2v) is 7.93. The third-order valence-electron chi connectivity index (χ3n) is 3.47. The normalized spacial score (nSPS) is 13.4. The minimum absolute atomic E-state index is 0.0326. The smallest absolute Gasteiger partial charge is 0.267 e. The Hall–Kier alpha value is -1.03. The van der Waals surface area contributed by atoms with Crippen molar-refractivity contribution >= 4 is 87.2 Å². The number of para-hydroxylation sites is 1. The summed E-state index contributed by atoms with van der Waals surface area (Å²) in [5.41, 5.74) is 0.0253. The Morgan fingerprint density at radius 3 is 1.75 bits per heavy atom. The number of carbonyl (C=O) groups excluding carboxylic acids is 3. The van der Waals surface area contributed by atoms with E-state index >= 15 is 0 Å². The van der Waals surface area contributed by atoms with Gasteiger partial charge in [-0.3, -0.25) is 9.59 Å². The molecule has 1 aliphatic heterocycles. The molecule has 0 aromatic heterocycles. The number of hydrogen-bond donors (Lipinski definition) is 0. The number of benzene rings is 2. The number of aromatic carboxylic acids is 1. The van der Waals surface area contributed by atoms with Crippen molar-refractivity contribution in [2.24, 2.45) is 0 Å². The van der Waals surface area contributed by atoms with E-state index < -0.39 is 17.8 Å². The number of halogens is 4. The highest BCUT2D eigenvalue weighted by atomic mass is 79.9. The highest BCUT2D eigenvalue weighted by molar-refractivity contribution is 9.15. The minimum Gasteiger partial charge on any atom is -0.545 e. The predicted octanol–water partition coefficient (Wildman–Crippen LogP) is 3.90. The second-order valence-electron chi connectivity index (χ2n) is 4.76. The van der Waals surface area contributed by atoms with Crippen molar-refractivity contribution in [3.05, 3.63) is 58.8 Å². The standard InChI is InChI=1S/C15H5Br4NO4/c16-9-7-8(10(17)12(19)11(9)18)14(22)20(13(7)21)6-4-2-1-3-5(6)15(23)24/h1-4H,(H,23,24)/p-1. The summed E-state index contributed by atoms with van der Waals surface area (Å²) in [5, 5.41) is 11.3. The molecule has 2 aromatic rings. The van der Waals surface area contributed by atoms with Crippen molar-refractivity contribution in [2.75, 3.05) is 4.90 Å². The zero-order valence-corrected chi connectivity index (χ0v) is 17.7. The highest BCUT2D eigenvalue weighted by Gasteiger charge is 2.42. The summed E-state index contributed by atoms with van der Waals surface area (Å²) >= 11 is 13.3. The van der Waals surface area contributed by atoms with Crippen molar-refractivity contribution in [2.45, 2.75) is 0 Å². The van der Waals surface area contributed by atoms with Crippen LogP contribution in [-0.2, 0) is 0 Å². The monoisotopic (exact) mass is 578 g/mol. The van der Waals surface area contributed by atoms with E-state index in [1.165, 1.54) is 18.2 Å². The fourth-order valence-electron chi connectivity index (χ4n) is 2.41. The number of imide groups is 1. The SMILES string of the molecule is O=C([O-])c1ccccc1N1C(=O)c2c(Br)c(Br)c(Br)c(Br)c2C1=O. The fraction of sp³-hybridized carbons (Fsp3) is 0. The van der Waals surface area contributed by atoms with Gasteiger partial charge in [-0.15, -0.1) is 0 Å². The summed E-state index contributed by atoms with van der Waals surface area (Å²) in [6.07, 6.45) is 0. The quantitative estimate of drug-likeness (QED) is 0.306. The van der Waals surface area contributed by atoms with E-state index in [2.05, 4.69) is 63.7 Å². The first kappa shape index (κ1) is 17.8. The molecular formula is C15H4Br4NO4-. The van der Waals surface area contributed by atoms with Crippen molar-refractivity contribution in [1.29, 1.82) is 0 Å². The lowest BCUT2D eigenvalue weighted by molar-refractivity contribution is -0.254. The maximum atomic E-state index is 12.8. The van der Waals surface area contributed by atoms with E-state index in [1.807, 2.05) is 0 Å². The lowest BCUT2D eigenvalue weighted by atomic mass is 10.1. The minimum atomic E-state index is -1.47. The number of rotatable bonds is 2. The maximum absolute atomic E-state index is 12.8. The lowest BCUT2D eigenvalue weighted by Crippen LogP contribution is -2.33. The van der Waals surface area contributed by atoms with Gasteiger partial charge in [0.1, 0.15) is 0 Å². The molecule has 24 heavy (non-hydrogen) atoms. The van der Waals surface area contributed by atoms with Crippen LogP contribution in [0.2, 0.25) is 0 Å². The molecule has 1 aliphatic rings. The van der Waals surface area contributed by atoms with Gasteiger partial charge in [0.2, 0.25) is 0 Å². The summed E-state index contributed by atoms with van der Waals surface area (Å²) in [6.45, 7) is 0. The van der Waals surface area contributed by atoms with Crippen molar-refractivity contribution in [3.63, 3.8) is 0 Å². The summed E-state index contributed by atoms with van der Waals surface area (Å²) in [5.74, 6) is -2.71. The van der Waals surface area contributed by atoms with Gasteiger partial charge in [-0.1, -0.05) is 18.2 Å². The fourth-order valence-corrected chi connectivity index (χ4v) is 4.87. The van der Waals surface area contributed by atoms with Crippen LogP contribution in [0.25, 0.3) is 0 Å². The zero-order chi connectivity index (χ0) is 17.8. The number of carbonyl (C=O) groups is 3. The Morgan fingerprint density at radius 2 is 1.29 bits per heavy atom. The second kappa shape index (κ2) is 6.36. The number of anilines is 1. The molecule has 3 rings (SSSR count). The number of amides is 2. The first-order valence-corrected chi connectivity index (χ1v) is 9.49. The number of carboxylic acid groups (broad SMARTS) is 1. The summed E-state index contributed by atoms with van der Waals surface area (Å²) in [4.78, 5) is 37.8. The Kier molecular flexibility index (Phi) is 4.71. The van der Waals surface area contributed by atoms with E-state index in [4.69, 9.17) is 0 Å². The van der Waals surface area contributed by atoms with Crippen molar-refractivity contribution in [1.82, 2.24) is 0 Å². The van der Waals surface area contributed by atoms with Crippen LogP contribution in [0.5, 0.6) is 0 Å². The molecule has 0 N–H and O–H groups in total. The molecule has 0 radical (unpaired) electrons. The molecule has 0 atom stereocenters. The van der Waals surface area contributed by atoms with Crippen LogP contribution < -0.4 is 10.0 Å². The highest BCUT2D eigenvalue weighted by Crippen LogP contribution is 2.46. The van der Waals surface area contributed by atoms with E-state index in [-0.39, 0.29) is 22.4 Å². The molecule has 0 fully saturated rings. The number of carboxylic acids is 1. The Labute approximate surface area is 169 Å². The average Bonchev–Trinajstić information content (AvgIpc) is 2.81. The molecule has 2 aromatic carbocycles. The molecule has 122 valence electrons. The predicted molar refractivity (Wildman–Crippen MR) is 99.2 cm³/mol. The molecule has 0 bridgehead atoms. The molecule has 1 heterocycles. The Morgan fingerprint density at radius 1 is 0.833 bits per heavy atom. The molecule has 0 saturated carbocycles.